The smallest absolute Gasteiger partial charge is 0.324 e. The minimum absolute atomic E-state index is 0.136. The van der Waals surface area contributed by atoms with Gasteiger partial charge in [-0.25, -0.2) is 9.55 Å². The van der Waals surface area contributed by atoms with Crippen LogP contribution in [0.3, 0.4) is 0 Å². The summed E-state index contributed by atoms with van der Waals surface area (Å²) in [5, 5.41) is 19.2. The Labute approximate surface area is 204 Å². The monoisotopic (exact) mass is 504 g/mol. The van der Waals surface area contributed by atoms with Crippen molar-refractivity contribution in [2.75, 3.05) is 31.3 Å². The summed E-state index contributed by atoms with van der Waals surface area (Å²) >= 11 is 0. The molecule has 0 saturated carbocycles. The molecule has 0 radical (unpaired) electrons. The number of pyridine rings is 1. The van der Waals surface area contributed by atoms with Crippen molar-refractivity contribution in [2.24, 2.45) is 0 Å². The number of nitrogens with one attached hydrogen (secondary N) is 2. The third-order valence-electron chi connectivity index (χ3n) is 4.84. The zero-order valence-corrected chi connectivity index (χ0v) is 20.5. The molecule has 5 N–H and O–H groups in total. The average molecular weight is 504 g/mol. The predicted molar refractivity (Wildman–Crippen MR) is 134 cm³/mol. The van der Waals surface area contributed by atoms with E-state index in [1.54, 1.807) is 31.3 Å². The second kappa shape index (κ2) is 16.1. The minimum atomic E-state index is -0.833. The van der Waals surface area contributed by atoms with Crippen LogP contribution in [-0.2, 0) is 20.7 Å². The highest BCUT2D eigenvalue weighted by Crippen LogP contribution is 2.26. The molecule has 0 unspecified atom stereocenters. The first-order valence-electron chi connectivity index (χ1n) is 10.4. The number of likely N-dealkylation sites (N-methyl/N-ethyl adjacent to an activating group) is 1. The number of fused-ring (bicyclic) bond motifs is 1. The molecule has 1 aromatic carbocycles. The van der Waals surface area contributed by atoms with Crippen molar-refractivity contribution in [3.05, 3.63) is 59.5 Å². The third kappa shape index (κ3) is 8.91. The molecular formula is C23H29N4O7P. The van der Waals surface area contributed by atoms with Crippen LogP contribution in [0.5, 0.6) is 0 Å². The van der Waals surface area contributed by atoms with E-state index in [1.807, 2.05) is 37.3 Å². The lowest BCUT2D eigenvalue weighted by Gasteiger charge is -2.14. The molecule has 0 aliphatic rings. The van der Waals surface area contributed by atoms with Crippen molar-refractivity contribution in [1.82, 2.24) is 9.88 Å². The average Bonchev–Trinajstić information content (AvgIpc) is 3.19. The first-order valence-corrected chi connectivity index (χ1v) is 11.1. The van der Waals surface area contributed by atoms with E-state index in [4.69, 9.17) is 24.4 Å². The van der Waals surface area contributed by atoms with Gasteiger partial charge in [-0.15, -0.1) is 0 Å². The lowest BCUT2D eigenvalue weighted by Crippen LogP contribution is -2.24. The van der Waals surface area contributed by atoms with Gasteiger partial charge in [0.2, 0.25) is 5.91 Å². The SMILES string of the molecule is CNc1ncc(/C=C/C(=O)N(C)Cc2oc3ccccc3c2C)cc1NCCC=O.O=PO.OO. The lowest BCUT2D eigenvalue weighted by molar-refractivity contribution is -0.176. The van der Waals surface area contributed by atoms with Crippen molar-refractivity contribution >= 4 is 49.4 Å². The Balaban J connectivity index is 0.00000114. The van der Waals surface area contributed by atoms with Crippen molar-refractivity contribution in [2.45, 2.75) is 19.9 Å². The Hall–Kier alpha value is -3.63. The Morgan fingerprint density at radius 1 is 1.29 bits per heavy atom. The quantitative estimate of drug-likeness (QED) is 0.0716. The first-order chi connectivity index (χ1) is 16.9. The van der Waals surface area contributed by atoms with Crippen LogP contribution in [0, 0.1) is 6.92 Å². The van der Waals surface area contributed by atoms with E-state index in [9.17, 15) is 9.59 Å². The number of para-hydroxylation sites is 1. The second-order valence-electron chi connectivity index (χ2n) is 7.05. The van der Waals surface area contributed by atoms with Gasteiger partial charge in [-0.1, -0.05) is 18.2 Å². The van der Waals surface area contributed by atoms with Crippen molar-refractivity contribution in [1.29, 1.82) is 0 Å². The molecule has 3 rings (SSSR count). The molecule has 0 bridgehead atoms. The number of hydrogen-bond donors (Lipinski definition) is 5. The molecule has 12 heteroatoms. The van der Waals surface area contributed by atoms with Crippen LogP contribution in [0.1, 0.15) is 23.3 Å². The first kappa shape index (κ1) is 29.4. The normalized spacial score (nSPS) is 10.2. The Morgan fingerprint density at radius 2 is 1.97 bits per heavy atom. The molecular weight excluding hydrogens is 475 g/mol. The Morgan fingerprint density at radius 3 is 2.60 bits per heavy atom. The fourth-order valence-corrected chi connectivity index (χ4v) is 3.14. The summed E-state index contributed by atoms with van der Waals surface area (Å²) in [6, 6.07) is 9.73. The fraction of sp³-hybridized carbons (Fsp3) is 0.261. The van der Waals surface area contributed by atoms with Crippen LogP contribution in [0.15, 0.2) is 47.0 Å². The zero-order chi connectivity index (χ0) is 26.2. The van der Waals surface area contributed by atoms with Gasteiger partial charge in [0.05, 0.1) is 12.2 Å². The predicted octanol–water partition coefficient (Wildman–Crippen LogP) is 4.05. The highest BCUT2D eigenvalue weighted by molar-refractivity contribution is 7.16. The summed E-state index contributed by atoms with van der Waals surface area (Å²) in [7, 11) is 2.69. The maximum Gasteiger partial charge on any atom is 0.324 e. The standard InChI is InChI=1S/C23H26N4O3.HO2P.H2O2/c1-16-18-7-4-5-8-20(18)30-21(16)15-27(3)22(29)10-9-17-13-19(25-11-6-12-28)23(24-2)26-14-17;1-3-2;1-2/h4-5,7-10,12-14,25H,6,11,15H2,1-3H3,(H,24,26);(H,1,2);1-2H/b10-9+;;. The van der Waals surface area contributed by atoms with E-state index in [0.717, 1.165) is 39.8 Å². The van der Waals surface area contributed by atoms with Crippen LogP contribution >= 0.6 is 8.69 Å². The maximum atomic E-state index is 12.6. The zero-order valence-electron chi connectivity index (χ0n) is 19.6. The van der Waals surface area contributed by atoms with E-state index < -0.39 is 8.69 Å². The second-order valence-corrected chi connectivity index (χ2v) is 7.22. The molecule has 0 atom stereocenters. The van der Waals surface area contributed by atoms with Crippen LogP contribution in [0.4, 0.5) is 11.5 Å². The molecule has 0 spiro atoms. The number of rotatable bonds is 9. The van der Waals surface area contributed by atoms with Gasteiger partial charge in [-0.2, -0.15) is 0 Å². The van der Waals surface area contributed by atoms with Crippen molar-refractivity contribution in [3.63, 3.8) is 0 Å². The van der Waals surface area contributed by atoms with Gasteiger partial charge in [-0.05, 0) is 30.7 Å². The van der Waals surface area contributed by atoms with E-state index in [1.165, 1.54) is 6.08 Å². The third-order valence-corrected chi connectivity index (χ3v) is 4.84. The molecule has 0 aliphatic heterocycles. The summed E-state index contributed by atoms with van der Waals surface area (Å²) in [5.74, 6) is 1.33. The molecule has 3 aromatic rings. The summed E-state index contributed by atoms with van der Waals surface area (Å²) < 4.78 is 14.4. The van der Waals surface area contributed by atoms with Gasteiger partial charge in [0.15, 0.2) is 0 Å². The molecule has 11 nitrogen and oxygen atoms in total. The van der Waals surface area contributed by atoms with Gasteiger partial charge >= 0.3 is 8.69 Å². The van der Waals surface area contributed by atoms with Crippen LogP contribution < -0.4 is 10.6 Å². The number of aryl methyl sites for hydroxylation is 1. The lowest BCUT2D eigenvalue weighted by atomic mass is 10.1. The van der Waals surface area contributed by atoms with Gasteiger partial charge < -0.3 is 29.6 Å². The number of hydrogen-bond acceptors (Lipinski definition) is 9. The molecule has 0 fully saturated rings. The molecule has 188 valence electrons. The number of aldehydes is 1. The van der Waals surface area contributed by atoms with Crippen molar-refractivity contribution in [3.8, 4) is 0 Å². The minimum Gasteiger partial charge on any atom is -0.459 e. The highest BCUT2D eigenvalue weighted by atomic mass is 31.1. The number of furan rings is 1. The largest absolute Gasteiger partial charge is 0.459 e. The summed E-state index contributed by atoms with van der Waals surface area (Å²) in [6.45, 7) is 2.91. The molecule has 0 saturated heterocycles. The number of aromatic nitrogens is 1. The topological polar surface area (TPSA) is 165 Å². The van der Waals surface area contributed by atoms with Gasteiger partial charge in [0.25, 0.3) is 0 Å². The maximum absolute atomic E-state index is 12.6. The van der Waals surface area contributed by atoms with Crippen molar-refractivity contribution < 1.29 is 34.0 Å². The number of anilines is 2. The molecule has 0 aliphatic carbocycles. The van der Waals surface area contributed by atoms with E-state index in [2.05, 4.69) is 15.6 Å². The molecule has 1 amide bonds. The number of carbonyl (C=O) groups is 2. The number of nitrogens with zero attached hydrogens (tertiary/aromatic N) is 2. The van der Waals surface area contributed by atoms with E-state index >= 15 is 0 Å². The fourth-order valence-electron chi connectivity index (χ4n) is 3.14. The van der Waals surface area contributed by atoms with Gasteiger partial charge in [0, 0.05) is 50.3 Å². The summed E-state index contributed by atoms with van der Waals surface area (Å²) in [6.07, 6.45) is 6.20. The van der Waals surface area contributed by atoms with Crippen LogP contribution in [0.25, 0.3) is 17.0 Å². The van der Waals surface area contributed by atoms with E-state index in [-0.39, 0.29) is 5.91 Å². The molecule has 2 heterocycles. The summed E-state index contributed by atoms with van der Waals surface area (Å²) in [5.41, 5.74) is 3.43. The van der Waals surface area contributed by atoms with Gasteiger partial charge in [-0.3, -0.25) is 15.3 Å². The number of amides is 1. The number of benzene rings is 1. The highest BCUT2D eigenvalue weighted by Gasteiger charge is 2.14. The number of carbonyl (C=O) groups excluding carboxylic acids is 2. The molecule has 35 heavy (non-hydrogen) atoms. The van der Waals surface area contributed by atoms with Gasteiger partial charge in [0.1, 0.15) is 23.4 Å². The van der Waals surface area contributed by atoms with Crippen LogP contribution in [0.2, 0.25) is 0 Å². The Kier molecular flexibility index (Phi) is 13.5. The Bertz CT molecular complexity index is 1130. The van der Waals surface area contributed by atoms with E-state index in [0.29, 0.717) is 25.3 Å². The summed E-state index contributed by atoms with van der Waals surface area (Å²) in [4.78, 5) is 36.1. The molecule has 2 aromatic heterocycles. The van der Waals surface area contributed by atoms with Crippen LogP contribution in [-0.4, -0.2) is 58.1 Å².